The smallest absolute Gasteiger partial charge is 0.328 e. The third-order valence-corrected chi connectivity index (χ3v) is 11.1. The molecule has 3 rings (SSSR count). The van der Waals surface area contributed by atoms with Crippen LogP contribution in [-0.4, -0.2) is 87.1 Å². The Labute approximate surface area is 376 Å². The monoisotopic (exact) mass is 898 g/mol. The number of carbonyl (C=O) groups is 6. The van der Waals surface area contributed by atoms with E-state index in [1.54, 1.807) is 49.4 Å². The molecule has 0 aliphatic rings. The van der Waals surface area contributed by atoms with Gasteiger partial charge in [-0.15, -0.1) is 0 Å². The van der Waals surface area contributed by atoms with Gasteiger partial charge in [0.1, 0.15) is 35.2 Å². The zero-order valence-corrected chi connectivity index (χ0v) is 37.2. The minimum atomic E-state index is -1.29. The van der Waals surface area contributed by atoms with Crippen LogP contribution in [0.1, 0.15) is 70.4 Å². The SMILES string of the molecule is CC(C)C[C@H](NC(=O)[C@H](Cc1ccccc1)NC(=O)CN)C(=O)N(CC(=O)NCCCC[C@H](N)C(=O)Oc1ccccc1N=[N+]=[N-])C(=O)CCC(C)(C#N)SC(=S)c1ccccc1. The standard InChI is InChI=1S/C44H54N10O7S2/c1-29(2)24-35(51-40(58)34(50-37(55)26-45)25-30-14-6-4-7-15-30)41(59)54(39(57)21-22-44(3,28-46)63-43(62)31-16-8-5-9-17-31)27-38(56)49-23-13-12-18-32(47)42(60)61-36-20-11-10-19-33(36)52-53-48/h4-11,14-17,19-20,29,32,34-35H,12-13,18,21-27,45,47H2,1-3H3,(H,49,56)(H,50,55)(H,51,58)/t32-,34-,35-,44?/m0/s1. The lowest BCUT2D eigenvalue weighted by atomic mass is 10.00. The highest BCUT2D eigenvalue weighted by atomic mass is 32.2. The van der Waals surface area contributed by atoms with Crippen LogP contribution < -0.4 is 32.2 Å². The summed E-state index contributed by atoms with van der Waals surface area (Å²) in [6.07, 6.45) is 0.759. The molecule has 63 heavy (non-hydrogen) atoms. The van der Waals surface area contributed by atoms with E-state index in [1.165, 1.54) is 12.1 Å². The van der Waals surface area contributed by atoms with Gasteiger partial charge in [-0.2, -0.15) is 5.26 Å². The van der Waals surface area contributed by atoms with Crippen LogP contribution >= 0.6 is 24.0 Å². The Balaban J connectivity index is 1.77. The number of amides is 5. The van der Waals surface area contributed by atoms with E-state index < -0.39 is 64.9 Å². The minimum absolute atomic E-state index is 0.0311. The number of azide groups is 1. The van der Waals surface area contributed by atoms with Crippen LogP contribution in [0.15, 0.2) is 90.0 Å². The largest absolute Gasteiger partial charge is 0.425 e. The molecule has 7 N–H and O–H groups in total. The van der Waals surface area contributed by atoms with Gasteiger partial charge in [-0.3, -0.25) is 28.9 Å². The number of thioether (sulfide) groups is 1. The molecular weight excluding hydrogens is 845 g/mol. The maximum atomic E-state index is 14.4. The van der Waals surface area contributed by atoms with Gasteiger partial charge in [0.05, 0.1) is 22.5 Å². The maximum absolute atomic E-state index is 14.4. The van der Waals surface area contributed by atoms with E-state index in [2.05, 4.69) is 32.0 Å². The number of rotatable bonds is 24. The van der Waals surface area contributed by atoms with Crippen LogP contribution in [0.2, 0.25) is 0 Å². The molecule has 0 aromatic heterocycles. The third kappa shape index (κ3) is 17.6. The highest BCUT2D eigenvalue weighted by Crippen LogP contribution is 2.33. The molecular formula is C44H54N10O7S2. The Hall–Kier alpha value is -6.16. The number of thiocarbonyl (C=S) groups is 1. The van der Waals surface area contributed by atoms with Crippen molar-refractivity contribution in [3.63, 3.8) is 0 Å². The number of hydrogen-bond acceptors (Lipinski definition) is 13. The first-order chi connectivity index (χ1) is 30.1. The average molecular weight is 899 g/mol. The number of hydrogen-bond donors (Lipinski definition) is 5. The molecule has 0 aliphatic carbocycles. The topological polar surface area (TPSA) is 276 Å². The molecule has 5 amide bonds. The molecule has 0 saturated heterocycles. The lowest BCUT2D eigenvalue weighted by Crippen LogP contribution is -2.57. The van der Waals surface area contributed by atoms with Crippen LogP contribution in [0.5, 0.6) is 5.75 Å². The molecule has 3 aromatic rings. The fourth-order valence-electron chi connectivity index (χ4n) is 6.10. The fraction of sp³-hybridized carbons (Fsp3) is 0.409. The van der Waals surface area contributed by atoms with Gasteiger partial charge in [0.25, 0.3) is 5.91 Å². The molecule has 0 heterocycles. The molecule has 0 radical (unpaired) electrons. The van der Waals surface area contributed by atoms with Crippen molar-refractivity contribution < 1.29 is 33.5 Å². The second kappa shape index (κ2) is 26.3. The summed E-state index contributed by atoms with van der Waals surface area (Å²) in [5.41, 5.74) is 22.0. The van der Waals surface area contributed by atoms with E-state index in [0.717, 1.165) is 27.8 Å². The van der Waals surface area contributed by atoms with Crippen molar-refractivity contribution >= 4 is 69.4 Å². The van der Waals surface area contributed by atoms with Crippen molar-refractivity contribution in [3.8, 4) is 11.8 Å². The molecule has 4 atom stereocenters. The Morgan fingerprint density at radius 2 is 1.60 bits per heavy atom. The second-order valence-corrected chi connectivity index (χ2v) is 17.3. The quantitative estimate of drug-likeness (QED) is 0.0153. The van der Waals surface area contributed by atoms with Gasteiger partial charge < -0.3 is 32.2 Å². The summed E-state index contributed by atoms with van der Waals surface area (Å²) in [6, 6.07) is 23.0. The number of nitriles is 1. The molecule has 3 aromatic carbocycles. The fourth-order valence-corrected chi connectivity index (χ4v) is 7.70. The lowest BCUT2D eigenvalue weighted by Gasteiger charge is -2.29. The third-order valence-electron chi connectivity index (χ3n) is 9.49. The predicted molar refractivity (Wildman–Crippen MR) is 244 cm³/mol. The number of esters is 1. The summed E-state index contributed by atoms with van der Waals surface area (Å²) in [5.74, 6) is -4.41. The first-order valence-electron chi connectivity index (χ1n) is 20.3. The van der Waals surface area contributed by atoms with E-state index in [0.29, 0.717) is 17.0 Å². The maximum Gasteiger partial charge on any atom is 0.328 e. The number of benzene rings is 3. The number of carbonyl (C=O) groups excluding carboxylic acids is 6. The van der Waals surface area contributed by atoms with Crippen molar-refractivity contribution in [1.82, 2.24) is 20.9 Å². The highest BCUT2D eigenvalue weighted by molar-refractivity contribution is 8.24. The molecule has 1 unspecified atom stereocenters. The van der Waals surface area contributed by atoms with Gasteiger partial charge in [0.2, 0.25) is 23.6 Å². The summed E-state index contributed by atoms with van der Waals surface area (Å²) in [7, 11) is 0. The minimum Gasteiger partial charge on any atom is -0.425 e. The molecule has 0 saturated carbocycles. The molecule has 19 heteroatoms. The van der Waals surface area contributed by atoms with Crippen molar-refractivity contribution in [1.29, 1.82) is 5.26 Å². The molecule has 0 aliphatic heterocycles. The summed E-state index contributed by atoms with van der Waals surface area (Å²) in [4.78, 5) is 84.3. The van der Waals surface area contributed by atoms with Gasteiger partial charge in [0.15, 0.2) is 0 Å². The van der Waals surface area contributed by atoms with Crippen molar-refractivity contribution in [3.05, 3.63) is 106 Å². The summed E-state index contributed by atoms with van der Waals surface area (Å²) < 4.78 is 4.58. The first-order valence-corrected chi connectivity index (χ1v) is 21.6. The van der Waals surface area contributed by atoms with Crippen molar-refractivity contribution in [2.75, 3.05) is 19.6 Å². The Morgan fingerprint density at radius 3 is 2.24 bits per heavy atom. The van der Waals surface area contributed by atoms with E-state index in [4.69, 9.17) is 34.0 Å². The van der Waals surface area contributed by atoms with Gasteiger partial charge >= 0.3 is 5.97 Å². The molecule has 334 valence electrons. The number of imide groups is 1. The van der Waals surface area contributed by atoms with Gasteiger partial charge in [-0.1, -0.05) is 116 Å². The van der Waals surface area contributed by atoms with Crippen LogP contribution in [0.4, 0.5) is 5.69 Å². The summed E-state index contributed by atoms with van der Waals surface area (Å²) >= 11 is 6.71. The lowest BCUT2D eigenvalue weighted by molar-refractivity contribution is -0.150. The van der Waals surface area contributed by atoms with Crippen molar-refractivity contribution in [2.24, 2.45) is 22.5 Å². The number of para-hydroxylation sites is 1. The van der Waals surface area contributed by atoms with Crippen LogP contribution in [-0.2, 0) is 35.2 Å². The zero-order valence-electron chi connectivity index (χ0n) is 35.5. The number of nitrogens with zero attached hydrogens (tertiary/aromatic N) is 5. The Kier molecular flexibility index (Phi) is 21.4. The molecule has 17 nitrogen and oxygen atoms in total. The predicted octanol–water partition coefficient (Wildman–Crippen LogP) is 4.89. The average Bonchev–Trinajstić information content (AvgIpc) is 3.27. The molecule has 0 bridgehead atoms. The van der Waals surface area contributed by atoms with E-state index in [9.17, 15) is 34.0 Å². The Morgan fingerprint density at radius 1 is 0.952 bits per heavy atom. The number of ether oxygens (including phenoxy) is 1. The number of nitrogens with one attached hydrogen (secondary N) is 3. The van der Waals surface area contributed by atoms with E-state index >= 15 is 0 Å². The van der Waals surface area contributed by atoms with Crippen LogP contribution in [0.25, 0.3) is 10.4 Å². The van der Waals surface area contributed by atoms with Gasteiger partial charge in [-0.05, 0) is 73.7 Å². The van der Waals surface area contributed by atoms with Crippen LogP contribution in [0.3, 0.4) is 0 Å². The van der Waals surface area contributed by atoms with E-state index in [1.807, 2.05) is 44.2 Å². The molecule has 0 spiro atoms. The number of unbranched alkanes of at least 4 members (excludes halogenated alkanes) is 1. The highest BCUT2D eigenvalue weighted by Gasteiger charge is 2.36. The molecule has 0 fully saturated rings. The van der Waals surface area contributed by atoms with Crippen molar-refractivity contribution in [2.45, 2.75) is 88.6 Å². The van der Waals surface area contributed by atoms with Crippen LogP contribution in [0, 0.1) is 17.2 Å². The number of nitrogens with two attached hydrogens (primary N) is 2. The van der Waals surface area contributed by atoms with Gasteiger partial charge in [0, 0.05) is 24.3 Å². The summed E-state index contributed by atoms with van der Waals surface area (Å²) in [5, 5.41) is 21.7. The summed E-state index contributed by atoms with van der Waals surface area (Å²) in [6.45, 7) is 4.30. The normalized spacial score (nSPS) is 13.1. The van der Waals surface area contributed by atoms with E-state index in [-0.39, 0.29) is 62.5 Å². The second-order valence-electron chi connectivity index (χ2n) is 15.2. The van der Waals surface area contributed by atoms with Gasteiger partial charge in [-0.25, -0.2) is 4.79 Å². The Bertz CT molecular complexity index is 2150. The first kappa shape index (κ1) is 51.2. The zero-order chi connectivity index (χ0) is 46.4.